The van der Waals surface area contributed by atoms with Crippen molar-refractivity contribution in [2.24, 2.45) is 0 Å². The smallest absolute Gasteiger partial charge is 0.195 e. The Hall–Kier alpha value is -1.58. The summed E-state index contributed by atoms with van der Waals surface area (Å²) in [4.78, 5) is 15.6. The predicted octanol–water partition coefficient (Wildman–Crippen LogP) is 4.81. The van der Waals surface area contributed by atoms with Crippen LogP contribution in [0.15, 0.2) is 53.1 Å². The Balaban J connectivity index is 2.15. The van der Waals surface area contributed by atoms with Crippen LogP contribution in [0.25, 0.3) is 10.9 Å². The third-order valence-corrected chi connectivity index (χ3v) is 3.72. The average Bonchev–Trinajstić information content (AvgIpc) is 2.85. The molecule has 2 aromatic carbocycles. The van der Waals surface area contributed by atoms with Crippen LogP contribution in [-0.2, 0) is 0 Å². The van der Waals surface area contributed by atoms with E-state index in [1.165, 1.54) is 0 Å². The Kier molecular flexibility index (Phi) is 3.17. The van der Waals surface area contributed by atoms with Crippen molar-refractivity contribution in [3.05, 3.63) is 69.3 Å². The third kappa shape index (κ3) is 2.31. The maximum Gasteiger partial charge on any atom is 0.195 e. The SMILES string of the molecule is O=C(c1ccc(Br)cc1)c1cc(Cl)cc2cc[nH]c12. The predicted molar refractivity (Wildman–Crippen MR) is 80.9 cm³/mol. The molecular weight excluding hydrogens is 326 g/mol. The number of H-pyrrole nitrogens is 1. The number of carbonyl (C=O) groups is 1. The largest absolute Gasteiger partial charge is 0.361 e. The summed E-state index contributed by atoms with van der Waals surface area (Å²) in [5.41, 5.74) is 2.05. The summed E-state index contributed by atoms with van der Waals surface area (Å²) in [6, 6.07) is 12.7. The van der Waals surface area contributed by atoms with Gasteiger partial charge in [0.1, 0.15) is 0 Å². The Labute approximate surface area is 123 Å². The molecule has 0 bridgehead atoms. The molecule has 94 valence electrons. The topological polar surface area (TPSA) is 32.9 Å². The summed E-state index contributed by atoms with van der Waals surface area (Å²) >= 11 is 9.42. The van der Waals surface area contributed by atoms with Crippen LogP contribution in [-0.4, -0.2) is 10.8 Å². The van der Waals surface area contributed by atoms with Crippen molar-refractivity contribution in [1.29, 1.82) is 0 Å². The van der Waals surface area contributed by atoms with Crippen molar-refractivity contribution in [3.8, 4) is 0 Å². The summed E-state index contributed by atoms with van der Waals surface area (Å²) in [5.74, 6) is -0.0394. The van der Waals surface area contributed by atoms with E-state index in [1.807, 2.05) is 24.3 Å². The lowest BCUT2D eigenvalue weighted by atomic mass is 10.0. The highest BCUT2D eigenvalue weighted by molar-refractivity contribution is 9.10. The maximum atomic E-state index is 12.5. The number of rotatable bonds is 2. The number of benzene rings is 2. The van der Waals surface area contributed by atoms with Crippen molar-refractivity contribution in [3.63, 3.8) is 0 Å². The highest BCUT2D eigenvalue weighted by atomic mass is 79.9. The van der Waals surface area contributed by atoms with Gasteiger partial charge in [0.05, 0.1) is 5.52 Å². The van der Waals surface area contributed by atoms with Crippen LogP contribution in [0, 0.1) is 0 Å². The number of aromatic amines is 1. The minimum Gasteiger partial charge on any atom is -0.361 e. The molecule has 0 saturated carbocycles. The third-order valence-electron chi connectivity index (χ3n) is 2.98. The van der Waals surface area contributed by atoms with Gasteiger partial charge in [-0.05, 0) is 42.5 Å². The Morgan fingerprint density at radius 3 is 2.58 bits per heavy atom. The maximum absolute atomic E-state index is 12.5. The van der Waals surface area contributed by atoms with E-state index in [0.29, 0.717) is 16.1 Å². The van der Waals surface area contributed by atoms with E-state index >= 15 is 0 Å². The van der Waals surface area contributed by atoms with Crippen molar-refractivity contribution in [2.45, 2.75) is 0 Å². The number of carbonyl (C=O) groups excluding carboxylic acids is 1. The normalized spacial score (nSPS) is 10.8. The highest BCUT2D eigenvalue weighted by Crippen LogP contribution is 2.25. The molecule has 0 saturated heterocycles. The molecule has 0 aliphatic heterocycles. The fourth-order valence-electron chi connectivity index (χ4n) is 2.07. The molecule has 0 radical (unpaired) electrons. The van der Waals surface area contributed by atoms with Gasteiger partial charge in [0, 0.05) is 32.2 Å². The molecule has 0 amide bonds. The molecule has 1 N–H and O–H groups in total. The number of hydrogen-bond donors (Lipinski definition) is 1. The van der Waals surface area contributed by atoms with Gasteiger partial charge in [-0.1, -0.05) is 27.5 Å². The number of aromatic nitrogens is 1. The standard InChI is InChI=1S/C15H9BrClNO/c16-11-3-1-9(2-4-11)15(19)13-8-12(17)7-10-5-6-18-14(10)13/h1-8,18H. The van der Waals surface area contributed by atoms with E-state index in [4.69, 9.17) is 11.6 Å². The van der Waals surface area contributed by atoms with Gasteiger partial charge < -0.3 is 4.98 Å². The molecule has 19 heavy (non-hydrogen) atoms. The molecule has 3 rings (SSSR count). The second-order valence-electron chi connectivity index (χ2n) is 4.23. The molecule has 0 aliphatic carbocycles. The van der Waals surface area contributed by atoms with Crippen molar-refractivity contribution in [2.75, 3.05) is 0 Å². The quantitative estimate of drug-likeness (QED) is 0.670. The van der Waals surface area contributed by atoms with E-state index in [2.05, 4.69) is 20.9 Å². The summed E-state index contributed by atoms with van der Waals surface area (Å²) < 4.78 is 0.945. The Morgan fingerprint density at radius 1 is 1.11 bits per heavy atom. The van der Waals surface area contributed by atoms with Crippen LogP contribution in [0.5, 0.6) is 0 Å². The first-order valence-electron chi connectivity index (χ1n) is 5.72. The molecule has 3 aromatic rings. The highest BCUT2D eigenvalue weighted by Gasteiger charge is 2.14. The summed E-state index contributed by atoms with van der Waals surface area (Å²) in [6.45, 7) is 0. The number of halogens is 2. The number of nitrogens with one attached hydrogen (secondary N) is 1. The molecule has 1 aromatic heterocycles. The molecule has 0 atom stereocenters. The van der Waals surface area contributed by atoms with Gasteiger partial charge in [0.25, 0.3) is 0 Å². The van der Waals surface area contributed by atoms with Gasteiger partial charge in [0.15, 0.2) is 5.78 Å². The molecular formula is C15H9BrClNO. The molecule has 0 unspecified atom stereocenters. The van der Waals surface area contributed by atoms with E-state index in [-0.39, 0.29) is 5.78 Å². The van der Waals surface area contributed by atoms with Crippen molar-refractivity contribution >= 4 is 44.2 Å². The first-order valence-corrected chi connectivity index (χ1v) is 6.89. The minimum absolute atomic E-state index is 0.0394. The Morgan fingerprint density at radius 2 is 1.84 bits per heavy atom. The average molecular weight is 335 g/mol. The Bertz CT molecular complexity index is 761. The lowest BCUT2D eigenvalue weighted by molar-refractivity contribution is 0.104. The van der Waals surface area contributed by atoms with Gasteiger partial charge in [-0.3, -0.25) is 4.79 Å². The van der Waals surface area contributed by atoms with Gasteiger partial charge in [-0.2, -0.15) is 0 Å². The number of ketones is 1. The molecule has 2 nitrogen and oxygen atoms in total. The van der Waals surface area contributed by atoms with E-state index < -0.39 is 0 Å². The van der Waals surface area contributed by atoms with Gasteiger partial charge in [-0.25, -0.2) is 0 Å². The lowest BCUT2D eigenvalue weighted by Gasteiger charge is -2.04. The van der Waals surface area contributed by atoms with E-state index in [1.54, 1.807) is 24.4 Å². The molecule has 4 heteroatoms. The zero-order valence-corrected chi connectivity index (χ0v) is 12.1. The zero-order valence-electron chi connectivity index (χ0n) is 9.78. The van der Waals surface area contributed by atoms with Crippen molar-refractivity contribution < 1.29 is 4.79 Å². The van der Waals surface area contributed by atoms with Gasteiger partial charge in [0.2, 0.25) is 0 Å². The summed E-state index contributed by atoms with van der Waals surface area (Å²) in [6.07, 6.45) is 1.80. The zero-order chi connectivity index (χ0) is 13.4. The summed E-state index contributed by atoms with van der Waals surface area (Å²) in [5, 5.41) is 1.50. The van der Waals surface area contributed by atoms with Crippen molar-refractivity contribution in [1.82, 2.24) is 4.98 Å². The fourth-order valence-corrected chi connectivity index (χ4v) is 2.56. The lowest BCUT2D eigenvalue weighted by Crippen LogP contribution is -2.02. The van der Waals surface area contributed by atoms with Crippen LogP contribution in [0.1, 0.15) is 15.9 Å². The second kappa shape index (κ2) is 4.83. The van der Waals surface area contributed by atoms with Gasteiger partial charge in [-0.15, -0.1) is 0 Å². The van der Waals surface area contributed by atoms with E-state index in [0.717, 1.165) is 15.4 Å². The van der Waals surface area contributed by atoms with E-state index in [9.17, 15) is 4.79 Å². The monoisotopic (exact) mass is 333 g/mol. The second-order valence-corrected chi connectivity index (χ2v) is 5.58. The molecule has 0 fully saturated rings. The van der Waals surface area contributed by atoms with Crippen LogP contribution >= 0.6 is 27.5 Å². The fraction of sp³-hybridized carbons (Fsp3) is 0. The summed E-state index contributed by atoms with van der Waals surface area (Å²) in [7, 11) is 0. The number of hydrogen-bond acceptors (Lipinski definition) is 1. The first kappa shape index (κ1) is 12.5. The number of fused-ring (bicyclic) bond motifs is 1. The molecule has 1 heterocycles. The first-order chi connectivity index (χ1) is 9.15. The minimum atomic E-state index is -0.0394. The van der Waals surface area contributed by atoms with Crippen LogP contribution < -0.4 is 0 Å². The van der Waals surface area contributed by atoms with Crippen LogP contribution in [0.4, 0.5) is 0 Å². The van der Waals surface area contributed by atoms with Crippen LogP contribution in [0.2, 0.25) is 5.02 Å². The molecule has 0 aliphatic rings. The molecule has 0 spiro atoms. The van der Waals surface area contributed by atoms with Gasteiger partial charge >= 0.3 is 0 Å². The van der Waals surface area contributed by atoms with Crippen LogP contribution in [0.3, 0.4) is 0 Å².